The molecule has 0 saturated heterocycles. The molecule has 2 rings (SSSR count). The van der Waals surface area contributed by atoms with E-state index in [9.17, 15) is 4.79 Å². The smallest absolute Gasteiger partial charge is 0.282 e. The van der Waals surface area contributed by atoms with Crippen molar-refractivity contribution in [2.24, 2.45) is 0 Å². The number of thiocarbonyl (C=S) groups is 1. The lowest BCUT2D eigenvalue weighted by molar-refractivity contribution is 0.297. The molecule has 0 unspecified atom stereocenters. The number of nitrogens with one attached hydrogen (secondary N) is 1. The Balaban J connectivity index is 2.35. The van der Waals surface area contributed by atoms with Crippen molar-refractivity contribution in [3.63, 3.8) is 0 Å². The minimum Gasteiger partial charge on any atom is -0.470 e. The van der Waals surface area contributed by atoms with Crippen molar-refractivity contribution >= 4 is 17.4 Å². The molecule has 2 aromatic rings. The molecule has 1 heterocycles. The van der Waals surface area contributed by atoms with Crippen LogP contribution in [0.15, 0.2) is 35.3 Å². The van der Waals surface area contributed by atoms with Crippen LogP contribution in [0, 0.1) is 6.92 Å². The van der Waals surface area contributed by atoms with E-state index < -0.39 is 0 Å². The zero-order chi connectivity index (χ0) is 13.8. The topological polar surface area (TPSA) is 47.0 Å². The fourth-order valence-electron chi connectivity index (χ4n) is 1.81. The second kappa shape index (κ2) is 5.84. The van der Waals surface area contributed by atoms with Crippen molar-refractivity contribution < 1.29 is 4.74 Å². The predicted octanol–water partition coefficient (Wildman–Crippen LogP) is 2.71. The van der Waals surface area contributed by atoms with Crippen molar-refractivity contribution in [2.75, 3.05) is 6.61 Å². The molecule has 0 aliphatic carbocycles. The Kier molecular flexibility index (Phi) is 4.16. The second-order valence-electron chi connectivity index (χ2n) is 4.28. The third-order valence-electron chi connectivity index (χ3n) is 2.79. The average Bonchev–Trinajstić information content (AvgIpc) is 2.78. The first-order valence-electron chi connectivity index (χ1n) is 6.18. The Morgan fingerprint density at radius 1 is 1.37 bits per heavy atom. The lowest BCUT2D eigenvalue weighted by Crippen LogP contribution is -2.16. The maximum Gasteiger partial charge on any atom is 0.282 e. The number of aromatic amines is 1. The van der Waals surface area contributed by atoms with Gasteiger partial charge in [-0.25, -0.2) is 4.68 Å². The molecule has 0 spiro atoms. The van der Waals surface area contributed by atoms with E-state index in [-0.39, 0.29) is 10.7 Å². The number of rotatable bonds is 3. The zero-order valence-corrected chi connectivity index (χ0v) is 11.8. The maximum absolute atomic E-state index is 12.0. The van der Waals surface area contributed by atoms with Gasteiger partial charge in [-0.15, -0.1) is 0 Å². The summed E-state index contributed by atoms with van der Waals surface area (Å²) in [5.41, 5.74) is 2.38. The minimum atomic E-state index is -0.170. The Labute approximate surface area is 117 Å². The van der Waals surface area contributed by atoms with Crippen LogP contribution in [-0.4, -0.2) is 21.6 Å². The van der Waals surface area contributed by atoms with E-state index in [2.05, 4.69) is 5.10 Å². The molecule has 0 atom stereocenters. The summed E-state index contributed by atoms with van der Waals surface area (Å²) in [5, 5.41) is 2.94. The van der Waals surface area contributed by atoms with Crippen molar-refractivity contribution in [2.45, 2.75) is 20.3 Å². The summed E-state index contributed by atoms with van der Waals surface area (Å²) in [4.78, 5) is 12.0. The molecule has 0 bridgehead atoms. The fraction of sp³-hybridized carbons (Fsp3) is 0.286. The molecule has 0 fully saturated rings. The van der Waals surface area contributed by atoms with Crippen LogP contribution in [0.5, 0.6) is 0 Å². The first-order chi connectivity index (χ1) is 9.13. The molecule has 0 aliphatic rings. The number of aryl methyl sites for hydroxylation is 1. The predicted molar refractivity (Wildman–Crippen MR) is 79.5 cm³/mol. The van der Waals surface area contributed by atoms with Crippen LogP contribution in [-0.2, 0) is 4.74 Å². The summed E-state index contributed by atoms with van der Waals surface area (Å²) in [5.74, 6) is 0. The van der Waals surface area contributed by atoms with Gasteiger partial charge in [0.1, 0.15) is 0 Å². The van der Waals surface area contributed by atoms with Crippen LogP contribution >= 0.6 is 12.2 Å². The average molecular weight is 276 g/mol. The molecule has 19 heavy (non-hydrogen) atoms. The molecule has 0 aliphatic heterocycles. The van der Waals surface area contributed by atoms with E-state index in [4.69, 9.17) is 17.0 Å². The third-order valence-corrected chi connectivity index (χ3v) is 3.10. The van der Waals surface area contributed by atoms with Gasteiger partial charge in [0.05, 0.1) is 12.2 Å². The summed E-state index contributed by atoms with van der Waals surface area (Å²) < 4.78 is 6.79. The molecule has 0 amide bonds. The number of hydrogen-bond acceptors (Lipinski definition) is 3. The Hall–Kier alpha value is -1.88. The van der Waals surface area contributed by atoms with Gasteiger partial charge >= 0.3 is 0 Å². The Morgan fingerprint density at radius 3 is 2.79 bits per heavy atom. The molecule has 1 aromatic carbocycles. The van der Waals surface area contributed by atoms with Gasteiger partial charge in [-0.1, -0.05) is 31.2 Å². The van der Waals surface area contributed by atoms with Gasteiger partial charge in [0, 0.05) is 6.20 Å². The van der Waals surface area contributed by atoms with Gasteiger partial charge in [0.15, 0.2) is 0 Å². The van der Waals surface area contributed by atoms with Crippen LogP contribution < -0.4 is 5.56 Å². The van der Waals surface area contributed by atoms with E-state index in [0.29, 0.717) is 12.2 Å². The van der Waals surface area contributed by atoms with Crippen molar-refractivity contribution in [1.29, 1.82) is 0 Å². The highest BCUT2D eigenvalue weighted by atomic mass is 32.1. The van der Waals surface area contributed by atoms with Crippen LogP contribution in [0.4, 0.5) is 0 Å². The summed E-state index contributed by atoms with van der Waals surface area (Å²) in [6, 6.07) is 7.74. The largest absolute Gasteiger partial charge is 0.470 e. The van der Waals surface area contributed by atoms with E-state index >= 15 is 0 Å². The SMILES string of the molecule is CCCOC(=S)n1cc(-c2ccccc2C)c(=O)[nH]1. The third kappa shape index (κ3) is 2.93. The summed E-state index contributed by atoms with van der Waals surface area (Å²) in [7, 11) is 0. The van der Waals surface area contributed by atoms with Gasteiger partial charge in [0.2, 0.25) is 0 Å². The van der Waals surface area contributed by atoms with Gasteiger partial charge in [-0.05, 0) is 36.7 Å². The van der Waals surface area contributed by atoms with Gasteiger partial charge in [-0.3, -0.25) is 9.89 Å². The molecule has 100 valence electrons. The molecular weight excluding hydrogens is 260 g/mol. The number of hydrogen-bond donors (Lipinski definition) is 1. The first-order valence-corrected chi connectivity index (χ1v) is 6.59. The van der Waals surface area contributed by atoms with Gasteiger partial charge in [0.25, 0.3) is 10.7 Å². The molecule has 1 aromatic heterocycles. The van der Waals surface area contributed by atoms with Crippen molar-refractivity contribution in [3.8, 4) is 11.1 Å². The van der Waals surface area contributed by atoms with Gasteiger partial charge < -0.3 is 4.74 Å². The zero-order valence-electron chi connectivity index (χ0n) is 11.0. The standard InChI is InChI=1S/C14H16N2O2S/c1-3-8-18-14(19)16-9-12(13(17)15-16)11-7-5-4-6-10(11)2/h4-7,9H,3,8H2,1-2H3,(H,15,17). The number of nitrogens with zero attached hydrogens (tertiary/aromatic N) is 1. The number of ether oxygens (including phenoxy) is 1. The highest BCUT2D eigenvalue weighted by molar-refractivity contribution is 7.80. The maximum atomic E-state index is 12.0. The van der Waals surface area contributed by atoms with Crippen LogP contribution in [0.1, 0.15) is 18.9 Å². The molecule has 0 saturated carbocycles. The highest BCUT2D eigenvalue weighted by Gasteiger charge is 2.11. The highest BCUT2D eigenvalue weighted by Crippen LogP contribution is 2.19. The molecule has 5 heteroatoms. The van der Waals surface area contributed by atoms with Crippen molar-refractivity contribution in [3.05, 3.63) is 46.4 Å². The molecule has 1 N–H and O–H groups in total. The number of H-pyrrole nitrogens is 1. The molecule has 4 nitrogen and oxygen atoms in total. The van der Waals surface area contributed by atoms with E-state index in [0.717, 1.165) is 17.5 Å². The molecular formula is C14H16N2O2S. The second-order valence-corrected chi connectivity index (χ2v) is 4.63. The van der Waals surface area contributed by atoms with E-state index in [1.54, 1.807) is 6.20 Å². The first kappa shape index (κ1) is 13.5. The van der Waals surface area contributed by atoms with Crippen LogP contribution in [0.25, 0.3) is 11.1 Å². The van der Waals surface area contributed by atoms with Crippen LogP contribution in [0.2, 0.25) is 0 Å². The lowest BCUT2D eigenvalue weighted by atomic mass is 10.0. The number of aromatic nitrogens is 2. The Bertz CT molecular complexity index is 643. The normalized spacial score (nSPS) is 10.4. The summed E-state index contributed by atoms with van der Waals surface area (Å²) in [6.45, 7) is 4.51. The summed E-state index contributed by atoms with van der Waals surface area (Å²) in [6.07, 6.45) is 2.55. The fourth-order valence-corrected chi connectivity index (χ4v) is 2.00. The van der Waals surface area contributed by atoms with Gasteiger partial charge in [-0.2, -0.15) is 0 Å². The van der Waals surface area contributed by atoms with E-state index in [1.165, 1.54) is 4.68 Å². The van der Waals surface area contributed by atoms with E-state index in [1.807, 2.05) is 38.1 Å². The van der Waals surface area contributed by atoms with Crippen molar-refractivity contribution in [1.82, 2.24) is 9.78 Å². The monoisotopic (exact) mass is 276 g/mol. The lowest BCUT2D eigenvalue weighted by Gasteiger charge is -2.05. The molecule has 0 radical (unpaired) electrons. The van der Waals surface area contributed by atoms with Crippen LogP contribution in [0.3, 0.4) is 0 Å². The summed E-state index contributed by atoms with van der Waals surface area (Å²) >= 11 is 5.11. The number of benzene rings is 1. The minimum absolute atomic E-state index is 0.170. The Morgan fingerprint density at radius 2 is 2.11 bits per heavy atom. The quantitative estimate of drug-likeness (QED) is 0.877.